The summed E-state index contributed by atoms with van der Waals surface area (Å²) in [5.74, 6) is -2.36. The topological polar surface area (TPSA) is 86.7 Å². The number of hydrogen-bond acceptors (Lipinski definition) is 3. The predicted molar refractivity (Wildman–Crippen MR) is 86.9 cm³/mol. The molecule has 1 rings (SSSR count). The SMILES string of the molecule is CC(=O)NCCN(C(=O)CC(C)c1cccc(F)c1)C(C)C(=O)O. The summed E-state index contributed by atoms with van der Waals surface area (Å²) in [5, 5.41) is 11.7. The van der Waals surface area contributed by atoms with Crippen LogP contribution in [0.25, 0.3) is 0 Å². The number of carbonyl (C=O) groups excluding carboxylic acids is 2. The van der Waals surface area contributed by atoms with Gasteiger partial charge in [-0.2, -0.15) is 0 Å². The summed E-state index contributed by atoms with van der Waals surface area (Å²) in [7, 11) is 0. The van der Waals surface area contributed by atoms with Gasteiger partial charge in [-0.1, -0.05) is 19.1 Å². The highest BCUT2D eigenvalue weighted by molar-refractivity contribution is 5.84. The van der Waals surface area contributed by atoms with Crippen LogP contribution in [-0.4, -0.2) is 46.9 Å². The van der Waals surface area contributed by atoms with Gasteiger partial charge in [0.2, 0.25) is 11.8 Å². The summed E-state index contributed by atoms with van der Waals surface area (Å²) < 4.78 is 13.3. The second kappa shape index (κ2) is 9.00. The van der Waals surface area contributed by atoms with E-state index in [1.165, 1.54) is 30.9 Å². The third-order valence-corrected chi connectivity index (χ3v) is 3.77. The van der Waals surface area contributed by atoms with Gasteiger partial charge in [-0.25, -0.2) is 9.18 Å². The quantitative estimate of drug-likeness (QED) is 0.756. The molecule has 132 valence electrons. The molecule has 0 bridgehead atoms. The normalized spacial score (nSPS) is 13.0. The molecule has 0 spiro atoms. The Bertz CT molecular complexity index is 606. The number of nitrogens with zero attached hydrogens (tertiary/aromatic N) is 1. The second-order valence-electron chi connectivity index (χ2n) is 5.74. The largest absolute Gasteiger partial charge is 0.480 e. The zero-order valence-corrected chi connectivity index (χ0v) is 14.1. The van der Waals surface area contributed by atoms with Gasteiger partial charge in [0.05, 0.1) is 0 Å². The number of aliphatic carboxylic acids is 1. The molecule has 0 fully saturated rings. The standard InChI is InChI=1S/C17H23FN2O4/c1-11(14-5-4-6-15(18)10-14)9-16(22)20(12(2)17(23)24)8-7-19-13(3)21/h4-6,10-12H,7-9H2,1-3H3,(H,19,21)(H,23,24). The highest BCUT2D eigenvalue weighted by Gasteiger charge is 2.26. The van der Waals surface area contributed by atoms with Gasteiger partial charge < -0.3 is 15.3 Å². The molecule has 0 saturated carbocycles. The average Bonchev–Trinajstić information content (AvgIpc) is 2.50. The van der Waals surface area contributed by atoms with E-state index in [2.05, 4.69) is 5.32 Å². The van der Waals surface area contributed by atoms with Crippen LogP contribution in [0.2, 0.25) is 0 Å². The van der Waals surface area contributed by atoms with Crippen molar-refractivity contribution in [1.82, 2.24) is 10.2 Å². The van der Waals surface area contributed by atoms with E-state index < -0.39 is 12.0 Å². The van der Waals surface area contributed by atoms with E-state index in [0.717, 1.165) is 0 Å². The number of carboxylic acids is 1. The van der Waals surface area contributed by atoms with Crippen molar-refractivity contribution >= 4 is 17.8 Å². The van der Waals surface area contributed by atoms with E-state index in [4.69, 9.17) is 5.11 Å². The molecule has 1 aromatic rings. The van der Waals surface area contributed by atoms with Crippen molar-refractivity contribution in [3.05, 3.63) is 35.6 Å². The molecule has 2 unspecified atom stereocenters. The van der Waals surface area contributed by atoms with E-state index in [0.29, 0.717) is 5.56 Å². The van der Waals surface area contributed by atoms with Gasteiger partial charge in [-0.3, -0.25) is 9.59 Å². The van der Waals surface area contributed by atoms with Crippen molar-refractivity contribution in [2.45, 2.75) is 39.2 Å². The fourth-order valence-corrected chi connectivity index (χ4v) is 2.33. The number of rotatable bonds is 8. The van der Waals surface area contributed by atoms with Crippen LogP contribution in [-0.2, 0) is 14.4 Å². The number of benzene rings is 1. The molecule has 0 aliphatic rings. The van der Waals surface area contributed by atoms with Crippen LogP contribution < -0.4 is 5.32 Å². The zero-order chi connectivity index (χ0) is 18.3. The first-order valence-electron chi connectivity index (χ1n) is 7.74. The summed E-state index contributed by atoms with van der Waals surface area (Å²) in [5.41, 5.74) is 0.674. The first-order valence-corrected chi connectivity index (χ1v) is 7.74. The van der Waals surface area contributed by atoms with Crippen LogP contribution in [0.4, 0.5) is 4.39 Å². The molecule has 6 nitrogen and oxygen atoms in total. The maximum Gasteiger partial charge on any atom is 0.326 e. The molecular formula is C17H23FN2O4. The highest BCUT2D eigenvalue weighted by Crippen LogP contribution is 2.21. The Morgan fingerprint density at radius 3 is 2.50 bits per heavy atom. The molecule has 0 saturated heterocycles. The molecular weight excluding hydrogens is 315 g/mol. The Morgan fingerprint density at radius 2 is 1.96 bits per heavy atom. The van der Waals surface area contributed by atoms with Crippen molar-refractivity contribution in [2.75, 3.05) is 13.1 Å². The van der Waals surface area contributed by atoms with Crippen LogP contribution in [0.3, 0.4) is 0 Å². The van der Waals surface area contributed by atoms with Gasteiger partial charge in [-0.05, 0) is 30.5 Å². The third kappa shape index (κ3) is 5.98. The van der Waals surface area contributed by atoms with Crippen molar-refractivity contribution in [2.24, 2.45) is 0 Å². The number of amides is 2. The van der Waals surface area contributed by atoms with E-state index in [1.807, 2.05) is 0 Å². The lowest BCUT2D eigenvalue weighted by molar-refractivity contribution is -0.149. The van der Waals surface area contributed by atoms with Gasteiger partial charge in [0, 0.05) is 26.4 Å². The van der Waals surface area contributed by atoms with E-state index in [9.17, 15) is 18.8 Å². The zero-order valence-electron chi connectivity index (χ0n) is 14.1. The van der Waals surface area contributed by atoms with Crippen molar-refractivity contribution in [3.63, 3.8) is 0 Å². The van der Waals surface area contributed by atoms with Crippen LogP contribution in [0.1, 0.15) is 38.7 Å². The van der Waals surface area contributed by atoms with Crippen molar-refractivity contribution in [3.8, 4) is 0 Å². The summed E-state index contributed by atoms with van der Waals surface area (Å²) in [6.45, 7) is 4.82. The lowest BCUT2D eigenvalue weighted by Crippen LogP contribution is -2.47. The first-order chi connectivity index (χ1) is 11.2. The molecule has 1 aromatic carbocycles. The molecule has 24 heavy (non-hydrogen) atoms. The number of halogens is 1. The van der Waals surface area contributed by atoms with Crippen LogP contribution in [0.15, 0.2) is 24.3 Å². The molecule has 2 amide bonds. The Morgan fingerprint density at radius 1 is 1.29 bits per heavy atom. The van der Waals surface area contributed by atoms with Gasteiger partial charge in [0.25, 0.3) is 0 Å². The smallest absolute Gasteiger partial charge is 0.326 e. The Kier molecular flexibility index (Phi) is 7.35. The lowest BCUT2D eigenvalue weighted by Gasteiger charge is -2.28. The molecule has 0 aliphatic heterocycles. The molecule has 2 atom stereocenters. The second-order valence-corrected chi connectivity index (χ2v) is 5.74. The monoisotopic (exact) mass is 338 g/mol. The molecule has 7 heteroatoms. The third-order valence-electron chi connectivity index (χ3n) is 3.77. The minimum Gasteiger partial charge on any atom is -0.480 e. The maximum atomic E-state index is 13.3. The summed E-state index contributed by atoms with van der Waals surface area (Å²) in [4.78, 5) is 35.8. The van der Waals surface area contributed by atoms with Gasteiger partial charge >= 0.3 is 5.97 Å². The summed E-state index contributed by atoms with van der Waals surface area (Å²) >= 11 is 0. The Balaban J connectivity index is 2.78. The van der Waals surface area contributed by atoms with Crippen molar-refractivity contribution in [1.29, 1.82) is 0 Å². The number of carboxylic acid groups (broad SMARTS) is 1. The minimum atomic E-state index is -1.12. The number of nitrogens with one attached hydrogen (secondary N) is 1. The lowest BCUT2D eigenvalue weighted by atomic mass is 9.97. The van der Waals surface area contributed by atoms with Crippen LogP contribution in [0, 0.1) is 5.82 Å². The first kappa shape index (κ1) is 19.6. The van der Waals surface area contributed by atoms with Crippen LogP contribution in [0.5, 0.6) is 0 Å². The highest BCUT2D eigenvalue weighted by atomic mass is 19.1. The Labute approximate surface area is 140 Å². The van der Waals surface area contributed by atoms with Crippen molar-refractivity contribution < 1.29 is 23.9 Å². The molecule has 0 heterocycles. The van der Waals surface area contributed by atoms with E-state index in [1.54, 1.807) is 19.1 Å². The van der Waals surface area contributed by atoms with Gasteiger partial charge in [-0.15, -0.1) is 0 Å². The van der Waals surface area contributed by atoms with Gasteiger partial charge in [0.1, 0.15) is 11.9 Å². The molecule has 0 aromatic heterocycles. The van der Waals surface area contributed by atoms with E-state index >= 15 is 0 Å². The minimum absolute atomic E-state index is 0.0567. The molecule has 0 aliphatic carbocycles. The maximum absolute atomic E-state index is 13.3. The fraction of sp³-hybridized carbons (Fsp3) is 0.471. The molecule has 2 N–H and O–H groups in total. The number of hydrogen-bond donors (Lipinski definition) is 2. The number of carbonyl (C=O) groups is 3. The summed E-state index contributed by atoms with van der Waals surface area (Å²) in [6.07, 6.45) is 0.0567. The Hall–Kier alpha value is -2.44. The summed E-state index contributed by atoms with van der Waals surface area (Å²) in [6, 6.07) is 4.97. The fourth-order valence-electron chi connectivity index (χ4n) is 2.33. The van der Waals surface area contributed by atoms with Crippen LogP contribution >= 0.6 is 0 Å². The molecule has 0 radical (unpaired) electrons. The van der Waals surface area contributed by atoms with Gasteiger partial charge in [0.15, 0.2) is 0 Å². The average molecular weight is 338 g/mol. The van der Waals surface area contributed by atoms with E-state index in [-0.39, 0.29) is 43.1 Å². The predicted octanol–water partition coefficient (Wildman–Crippen LogP) is 1.76.